The number of nitrogens with zero attached hydrogens (tertiary/aromatic N) is 3. The lowest BCUT2D eigenvalue weighted by molar-refractivity contribution is 0.723. The van der Waals surface area contributed by atoms with Crippen LogP contribution in [-0.4, -0.2) is 15.0 Å². The maximum absolute atomic E-state index is 4.92. The van der Waals surface area contributed by atoms with Crippen molar-refractivity contribution in [1.29, 1.82) is 0 Å². The maximum atomic E-state index is 4.92. The molecule has 1 spiro atoms. The lowest BCUT2D eigenvalue weighted by atomic mass is 9.67. The molecule has 0 atom stereocenters. The van der Waals surface area contributed by atoms with Crippen LogP contribution in [0.1, 0.15) is 22.3 Å². The molecule has 0 amide bonds. The van der Waals surface area contributed by atoms with E-state index < -0.39 is 0 Å². The molecule has 0 bridgehead atoms. The Kier molecular flexibility index (Phi) is 7.64. The molecule has 4 heteroatoms. The van der Waals surface area contributed by atoms with Crippen LogP contribution in [0.2, 0.25) is 0 Å². The fraction of sp³-hybridized carbons (Fsp3) is 0.0192. The summed E-state index contributed by atoms with van der Waals surface area (Å²) in [6.45, 7) is 0. The van der Waals surface area contributed by atoms with Crippen LogP contribution >= 0.6 is 11.8 Å². The summed E-state index contributed by atoms with van der Waals surface area (Å²) in [5.74, 6) is 1.97. The molecular weight excluding hydrogens is 699 g/mol. The zero-order valence-corrected chi connectivity index (χ0v) is 31.1. The molecule has 0 saturated heterocycles. The van der Waals surface area contributed by atoms with E-state index in [2.05, 4.69) is 140 Å². The van der Waals surface area contributed by atoms with E-state index in [1.165, 1.54) is 54.3 Å². The van der Waals surface area contributed by atoms with Crippen molar-refractivity contribution in [3.05, 3.63) is 222 Å². The normalized spacial score (nSPS) is 13.1. The van der Waals surface area contributed by atoms with E-state index in [4.69, 9.17) is 15.0 Å². The Balaban J connectivity index is 0.950. The molecule has 56 heavy (non-hydrogen) atoms. The Bertz CT molecular complexity index is 2820. The third-order valence-corrected chi connectivity index (χ3v) is 12.4. The van der Waals surface area contributed by atoms with Crippen molar-refractivity contribution in [3.63, 3.8) is 0 Å². The average molecular weight is 732 g/mol. The summed E-state index contributed by atoms with van der Waals surface area (Å²) < 4.78 is 0. The molecule has 262 valence electrons. The molecular formula is C52H33N3S. The molecule has 0 fully saturated rings. The maximum Gasteiger partial charge on any atom is 0.164 e. The minimum Gasteiger partial charge on any atom is -0.208 e. The van der Waals surface area contributed by atoms with Crippen LogP contribution in [0.25, 0.3) is 67.5 Å². The van der Waals surface area contributed by atoms with Gasteiger partial charge in [0.25, 0.3) is 0 Å². The van der Waals surface area contributed by atoms with Crippen molar-refractivity contribution in [2.75, 3.05) is 0 Å². The second-order valence-electron chi connectivity index (χ2n) is 14.3. The van der Waals surface area contributed by atoms with Gasteiger partial charge in [0.1, 0.15) is 0 Å². The minimum atomic E-state index is -0.385. The van der Waals surface area contributed by atoms with Gasteiger partial charge in [-0.25, -0.2) is 15.0 Å². The van der Waals surface area contributed by atoms with Gasteiger partial charge in [-0.1, -0.05) is 194 Å². The van der Waals surface area contributed by atoms with Crippen LogP contribution in [0.5, 0.6) is 0 Å². The third kappa shape index (κ3) is 5.18. The van der Waals surface area contributed by atoms with Gasteiger partial charge in [-0.15, -0.1) is 0 Å². The first-order chi connectivity index (χ1) is 27.7. The summed E-state index contributed by atoms with van der Waals surface area (Å²) in [6, 6.07) is 71.7. The van der Waals surface area contributed by atoms with E-state index >= 15 is 0 Å². The fourth-order valence-electron chi connectivity index (χ4n) is 8.64. The predicted molar refractivity (Wildman–Crippen MR) is 228 cm³/mol. The average Bonchev–Trinajstić information content (AvgIpc) is 3.57. The first kappa shape index (κ1) is 32.5. The van der Waals surface area contributed by atoms with E-state index in [1.54, 1.807) is 0 Å². The number of benzene rings is 8. The number of aromatic nitrogens is 3. The predicted octanol–water partition coefficient (Wildman–Crippen LogP) is 13.0. The van der Waals surface area contributed by atoms with E-state index in [1.807, 2.05) is 72.4 Å². The quantitative estimate of drug-likeness (QED) is 0.177. The van der Waals surface area contributed by atoms with E-state index in [0.717, 1.165) is 27.8 Å². The molecule has 8 aromatic carbocycles. The molecule has 1 aromatic heterocycles. The molecule has 0 saturated carbocycles. The van der Waals surface area contributed by atoms with Gasteiger partial charge >= 0.3 is 0 Å². The van der Waals surface area contributed by atoms with Gasteiger partial charge in [0.05, 0.1) is 5.41 Å². The van der Waals surface area contributed by atoms with Crippen molar-refractivity contribution in [2.45, 2.75) is 15.2 Å². The van der Waals surface area contributed by atoms with Crippen LogP contribution in [0.4, 0.5) is 0 Å². The standard InChI is InChI=1S/C52H33N3S/c1-3-13-37(14-4-1)49-53-50(38-15-5-2-6-16-38)55-51(54-49)39-29-27-35(28-30-39)34-23-25-36(26-24-34)40-31-32-48-46(33-40)52(45-21-11-12-22-47(45)56-48)43-19-9-7-17-41(43)42-18-8-10-20-44(42)52/h1-33H. The monoisotopic (exact) mass is 731 g/mol. The molecule has 9 aromatic rings. The molecule has 0 radical (unpaired) electrons. The zero-order chi connectivity index (χ0) is 37.1. The van der Waals surface area contributed by atoms with Crippen molar-refractivity contribution >= 4 is 11.8 Å². The SMILES string of the molecule is c1ccc(-c2nc(-c3ccccc3)nc(-c3ccc(-c4ccc(-c5ccc6c(c5)C5(c7ccccc7S6)c6ccccc6-c6ccccc65)cc4)cc3)n2)cc1. The number of hydrogen-bond acceptors (Lipinski definition) is 4. The van der Waals surface area contributed by atoms with Crippen molar-refractivity contribution in [3.8, 4) is 67.5 Å². The van der Waals surface area contributed by atoms with Gasteiger partial charge in [-0.05, 0) is 73.8 Å². The molecule has 1 aliphatic heterocycles. The largest absolute Gasteiger partial charge is 0.208 e. The second kappa shape index (κ2) is 13.2. The Hall–Kier alpha value is -6.88. The molecule has 2 aliphatic rings. The van der Waals surface area contributed by atoms with Crippen LogP contribution in [0, 0.1) is 0 Å². The van der Waals surface area contributed by atoms with Crippen molar-refractivity contribution in [2.24, 2.45) is 0 Å². The van der Waals surface area contributed by atoms with Crippen molar-refractivity contribution in [1.82, 2.24) is 15.0 Å². The number of hydrogen-bond donors (Lipinski definition) is 0. The smallest absolute Gasteiger partial charge is 0.164 e. The first-order valence-electron chi connectivity index (χ1n) is 18.9. The van der Waals surface area contributed by atoms with Crippen LogP contribution in [0.3, 0.4) is 0 Å². The summed E-state index contributed by atoms with van der Waals surface area (Å²) in [5, 5.41) is 0. The summed E-state index contributed by atoms with van der Waals surface area (Å²) >= 11 is 1.88. The summed E-state index contributed by atoms with van der Waals surface area (Å²) in [4.78, 5) is 17.3. The van der Waals surface area contributed by atoms with E-state index in [-0.39, 0.29) is 5.41 Å². The lowest BCUT2D eigenvalue weighted by Crippen LogP contribution is -2.32. The molecule has 1 aliphatic carbocycles. The van der Waals surface area contributed by atoms with Gasteiger partial charge in [0.2, 0.25) is 0 Å². The number of rotatable bonds is 5. The highest BCUT2D eigenvalue weighted by molar-refractivity contribution is 7.99. The first-order valence-corrected chi connectivity index (χ1v) is 19.8. The highest BCUT2D eigenvalue weighted by Crippen LogP contribution is 2.62. The lowest BCUT2D eigenvalue weighted by Gasteiger charge is -2.40. The van der Waals surface area contributed by atoms with Gasteiger partial charge < -0.3 is 0 Å². The molecule has 0 unspecified atom stereocenters. The summed E-state index contributed by atoms with van der Waals surface area (Å²) in [6.07, 6.45) is 0. The topological polar surface area (TPSA) is 38.7 Å². The number of fused-ring (bicyclic) bond motifs is 9. The zero-order valence-electron chi connectivity index (χ0n) is 30.3. The highest BCUT2D eigenvalue weighted by atomic mass is 32.2. The molecule has 0 N–H and O–H groups in total. The van der Waals surface area contributed by atoms with E-state index in [9.17, 15) is 0 Å². The van der Waals surface area contributed by atoms with Gasteiger partial charge in [-0.3, -0.25) is 0 Å². The Morgan fingerprint density at radius 1 is 0.286 bits per heavy atom. The van der Waals surface area contributed by atoms with Gasteiger partial charge in [-0.2, -0.15) is 0 Å². The Morgan fingerprint density at radius 3 is 1.20 bits per heavy atom. The molecule has 2 heterocycles. The van der Waals surface area contributed by atoms with Crippen LogP contribution in [0.15, 0.2) is 210 Å². The third-order valence-electron chi connectivity index (χ3n) is 11.2. The van der Waals surface area contributed by atoms with Gasteiger partial charge in [0.15, 0.2) is 17.5 Å². The molecule has 11 rings (SSSR count). The van der Waals surface area contributed by atoms with Crippen LogP contribution in [-0.2, 0) is 5.41 Å². The summed E-state index contributed by atoms with van der Waals surface area (Å²) in [5.41, 5.74) is 15.2. The van der Waals surface area contributed by atoms with Crippen molar-refractivity contribution < 1.29 is 0 Å². The summed E-state index contributed by atoms with van der Waals surface area (Å²) in [7, 11) is 0. The van der Waals surface area contributed by atoms with Gasteiger partial charge in [0, 0.05) is 26.5 Å². The van der Waals surface area contributed by atoms with E-state index in [0.29, 0.717) is 17.5 Å². The Morgan fingerprint density at radius 2 is 0.661 bits per heavy atom. The highest BCUT2D eigenvalue weighted by Gasteiger charge is 2.50. The fourth-order valence-corrected chi connectivity index (χ4v) is 9.81. The minimum absolute atomic E-state index is 0.385. The second-order valence-corrected chi connectivity index (χ2v) is 15.4. The Labute approximate surface area is 330 Å². The molecule has 3 nitrogen and oxygen atoms in total. The van der Waals surface area contributed by atoms with Crippen LogP contribution < -0.4 is 0 Å².